The Labute approximate surface area is 140 Å². The number of imidazole rings is 1. The van der Waals surface area contributed by atoms with E-state index in [1.54, 1.807) is 49.8 Å². The van der Waals surface area contributed by atoms with Gasteiger partial charge < -0.3 is 4.57 Å². The molecule has 7 heteroatoms. The van der Waals surface area contributed by atoms with Gasteiger partial charge in [-0.3, -0.25) is 4.31 Å². The Morgan fingerprint density at radius 1 is 1.17 bits per heavy atom. The molecule has 5 nitrogen and oxygen atoms in total. The van der Waals surface area contributed by atoms with Gasteiger partial charge in [0.15, 0.2) is 0 Å². The molecule has 0 spiro atoms. The maximum atomic E-state index is 12.6. The van der Waals surface area contributed by atoms with Crippen molar-refractivity contribution in [1.29, 1.82) is 0 Å². The van der Waals surface area contributed by atoms with Crippen molar-refractivity contribution in [3.63, 3.8) is 0 Å². The number of benzene rings is 2. The van der Waals surface area contributed by atoms with Gasteiger partial charge in [0.25, 0.3) is 0 Å². The van der Waals surface area contributed by atoms with Gasteiger partial charge in [0.05, 0.1) is 28.8 Å². The molecule has 120 valence electrons. The Hall–Kier alpha value is -2.05. The van der Waals surface area contributed by atoms with Gasteiger partial charge in [0.1, 0.15) is 0 Å². The molecule has 0 aliphatic heterocycles. The van der Waals surface area contributed by atoms with E-state index in [0.29, 0.717) is 16.3 Å². The monoisotopic (exact) mass is 349 g/mol. The van der Waals surface area contributed by atoms with Gasteiger partial charge in [-0.15, -0.1) is 0 Å². The number of hydrogen-bond acceptors (Lipinski definition) is 3. The molecule has 0 atom stereocenters. The minimum absolute atomic E-state index is 0.0824. The predicted molar refractivity (Wildman–Crippen MR) is 93.2 cm³/mol. The third kappa shape index (κ3) is 3.18. The first-order valence-corrected chi connectivity index (χ1v) is 8.98. The van der Waals surface area contributed by atoms with Gasteiger partial charge in [-0.2, -0.15) is 0 Å². The fraction of sp³-hybridized carbons (Fsp3) is 0.188. The summed E-state index contributed by atoms with van der Waals surface area (Å²) in [4.78, 5) is 4.26. The van der Waals surface area contributed by atoms with Crippen LogP contribution in [0.5, 0.6) is 0 Å². The van der Waals surface area contributed by atoms with Crippen LogP contribution in [0.15, 0.2) is 48.8 Å². The average molecular weight is 350 g/mol. The lowest BCUT2D eigenvalue weighted by molar-refractivity contribution is 0.593. The summed E-state index contributed by atoms with van der Waals surface area (Å²) in [5.41, 5.74) is 3.00. The first-order valence-electron chi connectivity index (χ1n) is 6.99. The molecule has 0 unspecified atom stereocenters. The molecular weight excluding hydrogens is 334 g/mol. The van der Waals surface area contributed by atoms with Crippen molar-refractivity contribution >= 4 is 38.3 Å². The van der Waals surface area contributed by atoms with Crippen LogP contribution in [0.4, 0.5) is 5.69 Å². The molecule has 1 heterocycles. The van der Waals surface area contributed by atoms with Crippen molar-refractivity contribution in [3.8, 4) is 0 Å². The first-order chi connectivity index (χ1) is 10.9. The van der Waals surface area contributed by atoms with Gasteiger partial charge >= 0.3 is 0 Å². The summed E-state index contributed by atoms with van der Waals surface area (Å²) < 4.78 is 28.4. The number of aryl methyl sites for hydroxylation is 1. The molecule has 0 amide bonds. The third-order valence-electron chi connectivity index (χ3n) is 3.75. The van der Waals surface area contributed by atoms with Gasteiger partial charge in [-0.25, -0.2) is 13.4 Å². The van der Waals surface area contributed by atoms with Crippen molar-refractivity contribution in [1.82, 2.24) is 9.55 Å². The van der Waals surface area contributed by atoms with E-state index in [1.165, 1.54) is 4.31 Å². The number of anilines is 1. The normalized spacial score (nSPS) is 11.8. The Morgan fingerprint density at radius 2 is 1.87 bits per heavy atom. The zero-order valence-corrected chi connectivity index (χ0v) is 14.3. The lowest BCUT2D eigenvalue weighted by Gasteiger charge is -2.19. The lowest BCUT2D eigenvalue weighted by Crippen LogP contribution is -2.27. The molecule has 0 radical (unpaired) electrons. The van der Waals surface area contributed by atoms with E-state index in [2.05, 4.69) is 4.98 Å². The van der Waals surface area contributed by atoms with Crippen molar-refractivity contribution in [2.24, 2.45) is 7.05 Å². The van der Waals surface area contributed by atoms with Crippen LogP contribution in [-0.4, -0.2) is 25.0 Å². The number of sulfonamides is 1. The molecule has 0 saturated carbocycles. The van der Waals surface area contributed by atoms with Crippen LogP contribution in [0.2, 0.25) is 5.02 Å². The summed E-state index contributed by atoms with van der Waals surface area (Å²) in [6.07, 6.45) is 1.71. The topological polar surface area (TPSA) is 55.2 Å². The van der Waals surface area contributed by atoms with Crippen LogP contribution in [0.25, 0.3) is 11.0 Å². The summed E-state index contributed by atoms with van der Waals surface area (Å²) >= 11 is 5.83. The SMILES string of the molecule is CN(c1ccc2c(c1)ncn2C)S(=O)(=O)Cc1ccc(Cl)cc1. The molecule has 0 saturated heterocycles. The molecule has 0 aliphatic rings. The molecule has 2 aromatic carbocycles. The third-order valence-corrected chi connectivity index (χ3v) is 5.75. The summed E-state index contributed by atoms with van der Waals surface area (Å²) in [6.45, 7) is 0. The number of halogens is 1. The van der Waals surface area contributed by atoms with E-state index < -0.39 is 10.0 Å². The predicted octanol–water partition coefficient (Wildman–Crippen LogP) is 3.19. The van der Waals surface area contributed by atoms with Gasteiger partial charge in [-0.05, 0) is 35.9 Å². The molecule has 3 aromatic rings. The Bertz CT molecular complexity index is 949. The van der Waals surface area contributed by atoms with E-state index in [1.807, 2.05) is 17.7 Å². The van der Waals surface area contributed by atoms with Gasteiger partial charge in [-0.1, -0.05) is 23.7 Å². The van der Waals surface area contributed by atoms with Crippen LogP contribution < -0.4 is 4.31 Å². The van der Waals surface area contributed by atoms with Crippen LogP contribution >= 0.6 is 11.6 Å². The summed E-state index contributed by atoms with van der Waals surface area (Å²) in [5, 5.41) is 0.583. The number of aromatic nitrogens is 2. The summed E-state index contributed by atoms with van der Waals surface area (Å²) in [5.74, 6) is -0.0824. The second-order valence-corrected chi connectivity index (χ2v) is 7.82. The van der Waals surface area contributed by atoms with Crippen molar-refractivity contribution < 1.29 is 8.42 Å². The fourth-order valence-electron chi connectivity index (χ4n) is 2.37. The molecule has 3 rings (SSSR count). The van der Waals surface area contributed by atoms with E-state index in [-0.39, 0.29) is 5.75 Å². The molecule has 0 fully saturated rings. The van der Waals surface area contributed by atoms with E-state index in [9.17, 15) is 8.42 Å². The number of rotatable bonds is 4. The van der Waals surface area contributed by atoms with Crippen LogP contribution in [0, 0.1) is 0 Å². The fourth-order valence-corrected chi connectivity index (χ4v) is 3.74. The smallest absolute Gasteiger partial charge is 0.239 e. The number of fused-ring (bicyclic) bond motifs is 1. The Morgan fingerprint density at radius 3 is 2.57 bits per heavy atom. The minimum atomic E-state index is -3.49. The maximum absolute atomic E-state index is 12.6. The highest BCUT2D eigenvalue weighted by molar-refractivity contribution is 7.92. The molecule has 0 N–H and O–H groups in total. The van der Waals surface area contributed by atoms with E-state index in [4.69, 9.17) is 11.6 Å². The lowest BCUT2D eigenvalue weighted by atomic mass is 10.2. The van der Waals surface area contributed by atoms with E-state index in [0.717, 1.165) is 11.0 Å². The second kappa shape index (κ2) is 5.86. The average Bonchev–Trinajstić information content (AvgIpc) is 2.89. The highest BCUT2D eigenvalue weighted by atomic mass is 35.5. The molecular formula is C16H16ClN3O2S. The summed E-state index contributed by atoms with van der Waals surface area (Å²) in [6, 6.07) is 12.2. The Kier molecular flexibility index (Phi) is 4.04. The highest BCUT2D eigenvalue weighted by Gasteiger charge is 2.19. The number of nitrogens with zero attached hydrogens (tertiary/aromatic N) is 3. The first kappa shape index (κ1) is 15.8. The zero-order valence-electron chi connectivity index (χ0n) is 12.8. The zero-order chi connectivity index (χ0) is 16.6. The molecule has 0 bridgehead atoms. The standard InChI is InChI=1S/C16H16ClN3O2S/c1-19-11-18-15-9-14(7-8-16(15)19)20(2)23(21,22)10-12-3-5-13(17)6-4-12/h3-9,11H,10H2,1-2H3. The largest absolute Gasteiger partial charge is 0.334 e. The number of hydrogen-bond donors (Lipinski definition) is 0. The summed E-state index contributed by atoms with van der Waals surface area (Å²) in [7, 11) is -0.0357. The molecule has 0 aliphatic carbocycles. The second-order valence-electron chi connectivity index (χ2n) is 5.38. The molecule has 23 heavy (non-hydrogen) atoms. The van der Waals surface area contributed by atoms with E-state index >= 15 is 0 Å². The van der Waals surface area contributed by atoms with Crippen molar-refractivity contribution in [2.75, 3.05) is 11.4 Å². The highest BCUT2D eigenvalue weighted by Crippen LogP contribution is 2.24. The van der Waals surface area contributed by atoms with Crippen LogP contribution in [-0.2, 0) is 22.8 Å². The Balaban J connectivity index is 1.89. The van der Waals surface area contributed by atoms with Crippen LogP contribution in [0.3, 0.4) is 0 Å². The van der Waals surface area contributed by atoms with Gasteiger partial charge in [0.2, 0.25) is 10.0 Å². The quantitative estimate of drug-likeness (QED) is 0.726. The van der Waals surface area contributed by atoms with Crippen LogP contribution in [0.1, 0.15) is 5.56 Å². The minimum Gasteiger partial charge on any atom is -0.334 e. The molecule has 1 aromatic heterocycles. The van der Waals surface area contributed by atoms with Gasteiger partial charge in [0, 0.05) is 19.1 Å². The maximum Gasteiger partial charge on any atom is 0.239 e. The van der Waals surface area contributed by atoms with Crippen molar-refractivity contribution in [3.05, 3.63) is 59.4 Å². The van der Waals surface area contributed by atoms with Crippen molar-refractivity contribution in [2.45, 2.75) is 5.75 Å².